The third-order valence-corrected chi connectivity index (χ3v) is 4.02. The van der Waals surface area contributed by atoms with Crippen LogP contribution in [0, 0.1) is 6.92 Å². The van der Waals surface area contributed by atoms with Crippen LogP contribution in [0.15, 0.2) is 47.3 Å². The Hall–Kier alpha value is -2.71. The van der Waals surface area contributed by atoms with Crippen molar-refractivity contribution in [1.82, 2.24) is 9.97 Å². The fourth-order valence-electron chi connectivity index (χ4n) is 2.08. The van der Waals surface area contributed by atoms with Crippen molar-refractivity contribution in [3.63, 3.8) is 0 Å². The van der Waals surface area contributed by atoms with Gasteiger partial charge in [-0.1, -0.05) is 12.1 Å². The molecule has 1 atom stereocenters. The maximum atomic E-state index is 11.8. The molecule has 1 aromatic carbocycles. The highest BCUT2D eigenvalue weighted by molar-refractivity contribution is 7.15. The lowest BCUT2D eigenvalue weighted by molar-refractivity contribution is 0.0990. The first-order valence-corrected chi connectivity index (χ1v) is 8.08. The number of thiazole rings is 1. The zero-order chi connectivity index (χ0) is 16.9. The lowest BCUT2D eigenvalue weighted by atomic mass is 10.1. The summed E-state index contributed by atoms with van der Waals surface area (Å²) in [5.74, 6) is -0.397. The molecule has 2 heterocycles. The first-order chi connectivity index (χ1) is 11.6. The van der Waals surface area contributed by atoms with Gasteiger partial charge in [-0.3, -0.25) is 4.79 Å². The van der Waals surface area contributed by atoms with Gasteiger partial charge in [-0.2, -0.15) is 0 Å². The second-order valence-corrected chi connectivity index (χ2v) is 6.36. The number of oxazole rings is 1. The van der Waals surface area contributed by atoms with Crippen molar-refractivity contribution >= 4 is 28.1 Å². The monoisotopic (exact) mass is 344 g/mol. The summed E-state index contributed by atoms with van der Waals surface area (Å²) >= 11 is 1.49. The zero-order valence-corrected chi connectivity index (χ0v) is 13.7. The maximum absolute atomic E-state index is 11.8. The predicted molar refractivity (Wildman–Crippen MR) is 91.1 cm³/mol. The summed E-state index contributed by atoms with van der Waals surface area (Å²) in [6.07, 6.45) is 4.20. The van der Waals surface area contributed by atoms with Gasteiger partial charge >= 0.3 is 5.91 Å². The van der Waals surface area contributed by atoms with Gasteiger partial charge in [0, 0.05) is 23.2 Å². The first kappa shape index (κ1) is 16.2. The minimum atomic E-state index is -0.733. The van der Waals surface area contributed by atoms with Crippen molar-refractivity contribution in [3.05, 3.63) is 59.3 Å². The Kier molecular flexibility index (Phi) is 4.88. The molecule has 0 aliphatic heterocycles. The molecule has 0 spiro atoms. The molecule has 0 aliphatic rings. The fourth-order valence-corrected chi connectivity index (χ4v) is 2.79. The molecule has 3 N–H and O–H groups in total. The van der Waals surface area contributed by atoms with E-state index in [1.165, 1.54) is 23.8 Å². The second kappa shape index (κ2) is 7.24. The highest BCUT2D eigenvalue weighted by Gasteiger charge is 2.11. The lowest BCUT2D eigenvalue weighted by Gasteiger charge is -2.12. The van der Waals surface area contributed by atoms with Gasteiger partial charge in [0.25, 0.3) is 5.89 Å². The van der Waals surface area contributed by atoms with Crippen LogP contribution in [0.2, 0.25) is 0 Å². The van der Waals surface area contributed by atoms with E-state index in [1.54, 1.807) is 18.3 Å². The zero-order valence-electron chi connectivity index (χ0n) is 12.9. The van der Waals surface area contributed by atoms with Gasteiger partial charge in [-0.15, -0.1) is 11.3 Å². The summed E-state index contributed by atoms with van der Waals surface area (Å²) in [6, 6.07) is 7.19. The number of carbonyl (C=O) groups excluding carboxylic acids is 1. The van der Waals surface area contributed by atoms with Gasteiger partial charge in [-0.25, -0.2) is 9.97 Å². The molecule has 24 heavy (non-hydrogen) atoms. The van der Waals surface area contributed by atoms with Gasteiger partial charge < -0.3 is 20.2 Å². The van der Waals surface area contributed by atoms with Gasteiger partial charge in [0.05, 0.1) is 6.20 Å². The second-order valence-electron chi connectivity index (χ2n) is 5.13. The number of anilines is 2. The van der Waals surface area contributed by atoms with E-state index in [9.17, 15) is 9.90 Å². The summed E-state index contributed by atoms with van der Waals surface area (Å²) in [5, 5.41) is 16.4. The molecule has 2 aromatic heterocycles. The molecule has 0 bridgehead atoms. The summed E-state index contributed by atoms with van der Waals surface area (Å²) in [6.45, 7) is 1.96. The van der Waals surface area contributed by atoms with Crippen LogP contribution < -0.4 is 10.6 Å². The Morgan fingerprint density at radius 1 is 1.33 bits per heavy atom. The molecule has 124 valence electrons. The number of benzene rings is 1. The smallest absolute Gasteiger partial charge is 0.311 e. The Labute approximate surface area is 142 Å². The lowest BCUT2D eigenvalue weighted by Crippen LogP contribution is -2.21. The van der Waals surface area contributed by atoms with Crippen LogP contribution in [-0.4, -0.2) is 27.2 Å². The molecular weight excluding hydrogens is 328 g/mol. The maximum Gasteiger partial charge on any atom is 0.311 e. The van der Waals surface area contributed by atoms with Crippen molar-refractivity contribution in [2.24, 2.45) is 0 Å². The number of aromatic nitrogens is 2. The summed E-state index contributed by atoms with van der Waals surface area (Å²) < 4.78 is 4.93. The minimum absolute atomic E-state index is 0.0115. The van der Waals surface area contributed by atoms with E-state index >= 15 is 0 Å². The molecular formula is C16H16N4O3S. The number of rotatable bonds is 6. The molecule has 0 saturated carbocycles. The molecule has 7 nitrogen and oxygen atoms in total. The number of carbonyl (C=O) groups is 1. The van der Waals surface area contributed by atoms with Crippen LogP contribution in [0.5, 0.6) is 0 Å². The van der Waals surface area contributed by atoms with Crippen molar-refractivity contribution in [2.45, 2.75) is 19.6 Å². The van der Waals surface area contributed by atoms with Crippen LogP contribution in [0.3, 0.4) is 0 Å². The van der Waals surface area contributed by atoms with Crippen molar-refractivity contribution in [2.75, 3.05) is 10.6 Å². The van der Waals surface area contributed by atoms with Crippen LogP contribution >= 0.6 is 11.3 Å². The Morgan fingerprint density at radius 3 is 2.75 bits per heavy atom. The number of aryl methyl sites for hydroxylation is 1. The van der Waals surface area contributed by atoms with Gasteiger partial charge in [0.1, 0.15) is 12.5 Å². The van der Waals surface area contributed by atoms with Crippen LogP contribution in [0.1, 0.15) is 21.1 Å². The number of nitrogens with zero attached hydrogens (tertiary/aromatic N) is 2. The average Bonchev–Trinajstić information content (AvgIpc) is 3.21. The van der Waals surface area contributed by atoms with E-state index in [0.29, 0.717) is 17.2 Å². The Balaban J connectivity index is 1.55. The van der Waals surface area contributed by atoms with E-state index in [1.807, 2.05) is 19.1 Å². The summed E-state index contributed by atoms with van der Waals surface area (Å²) in [7, 11) is 0. The van der Waals surface area contributed by atoms with Crippen LogP contribution in [-0.2, 0) is 6.42 Å². The van der Waals surface area contributed by atoms with Crippen molar-refractivity contribution < 1.29 is 14.3 Å². The molecule has 3 rings (SSSR count). The summed E-state index contributed by atoms with van der Waals surface area (Å²) in [5.41, 5.74) is 1.55. The highest BCUT2D eigenvalue weighted by atomic mass is 32.1. The van der Waals surface area contributed by atoms with Crippen LogP contribution in [0.4, 0.5) is 10.8 Å². The van der Waals surface area contributed by atoms with Crippen molar-refractivity contribution in [3.8, 4) is 0 Å². The number of amides is 1. The SMILES string of the molecule is Cc1cnc(NC(O)Cc2ccc(NC(=O)c3ncco3)cc2)s1. The molecule has 0 radical (unpaired) electrons. The molecule has 1 amide bonds. The largest absolute Gasteiger partial charge is 0.441 e. The first-order valence-electron chi connectivity index (χ1n) is 7.27. The standard InChI is InChI=1S/C16H16N4O3S/c1-10-9-18-16(24-10)20-13(21)8-11-2-4-12(5-3-11)19-14(22)15-17-6-7-23-15/h2-7,9,13,21H,8H2,1H3,(H,18,20)(H,19,22). The predicted octanol–water partition coefficient (Wildman–Crippen LogP) is 2.66. The third-order valence-electron chi connectivity index (χ3n) is 3.18. The molecule has 0 aliphatic carbocycles. The number of aliphatic hydroxyl groups excluding tert-OH is 1. The van der Waals surface area contributed by atoms with E-state index in [0.717, 1.165) is 10.4 Å². The summed E-state index contributed by atoms with van der Waals surface area (Å²) in [4.78, 5) is 20.8. The quantitative estimate of drug-likeness (QED) is 0.595. The van der Waals surface area contributed by atoms with E-state index in [2.05, 4.69) is 20.6 Å². The number of nitrogens with one attached hydrogen (secondary N) is 2. The highest BCUT2D eigenvalue weighted by Crippen LogP contribution is 2.18. The normalized spacial score (nSPS) is 11.9. The molecule has 0 saturated heterocycles. The van der Waals surface area contributed by atoms with Gasteiger partial charge in [-0.05, 0) is 24.6 Å². The molecule has 8 heteroatoms. The van der Waals surface area contributed by atoms with Gasteiger partial charge in [0.15, 0.2) is 5.13 Å². The minimum Gasteiger partial charge on any atom is -0.441 e. The average molecular weight is 344 g/mol. The Morgan fingerprint density at radius 2 is 2.12 bits per heavy atom. The van der Waals surface area contributed by atoms with Crippen molar-refractivity contribution in [1.29, 1.82) is 0 Å². The van der Waals surface area contributed by atoms with E-state index in [-0.39, 0.29) is 5.89 Å². The van der Waals surface area contributed by atoms with E-state index < -0.39 is 12.1 Å². The molecule has 3 aromatic rings. The number of aliphatic hydroxyl groups is 1. The topological polar surface area (TPSA) is 100 Å². The van der Waals surface area contributed by atoms with E-state index in [4.69, 9.17) is 4.42 Å². The van der Waals surface area contributed by atoms with Gasteiger partial charge in [0.2, 0.25) is 0 Å². The third kappa shape index (κ3) is 4.18. The van der Waals surface area contributed by atoms with Crippen LogP contribution in [0.25, 0.3) is 0 Å². The molecule has 0 fully saturated rings. The molecule has 1 unspecified atom stereocenters. The number of hydrogen-bond donors (Lipinski definition) is 3. The number of hydrogen-bond acceptors (Lipinski definition) is 7. The fraction of sp³-hybridized carbons (Fsp3) is 0.188. The Bertz CT molecular complexity index is 799.